The van der Waals surface area contributed by atoms with E-state index in [1.54, 1.807) is 48.5 Å². The largest absolute Gasteiger partial charge is 0.508 e. The molecular formula is C25H20ClNO5. The maximum absolute atomic E-state index is 13.1. The zero-order valence-electron chi connectivity index (χ0n) is 17.4. The third-order valence-corrected chi connectivity index (χ3v) is 5.66. The van der Waals surface area contributed by atoms with Gasteiger partial charge in [-0.15, -0.1) is 0 Å². The minimum atomic E-state index is -0.965. The molecule has 1 aliphatic heterocycles. The molecule has 1 amide bonds. The van der Waals surface area contributed by atoms with E-state index in [0.29, 0.717) is 22.6 Å². The minimum absolute atomic E-state index is 0.0313. The van der Waals surface area contributed by atoms with E-state index in [-0.39, 0.29) is 22.1 Å². The summed E-state index contributed by atoms with van der Waals surface area (Å²) < 4.78 is 5.18. The van der Waals surface area contributed by atoms with Crippen molar-refractivity contribution in [3.63, 3.8) is 0 Å². The van der Waals surface area contributed by atoms with Crippen LogP contribution in [0.15, 0.2) is 72.3 Å². The van der Waals surface area contributed by atoms with Crippen LogP contribution >= 0.6 is 11.6 Å². The number of ether oxygens (including phenoxy) is 1. The van der Waals surface area contributed by atoms with E-state index in [1.165, 1.54) is 30.2 Å². The number of methoxy groups -OCH3 is 1. The predicted molar refractivity (Wildman–Crippen MR) is 122 cm³/mol. The van der Waals surface area contributed by atoms with Gasteiger partial charge in [-0.3, -0.25) is 14.5 Å². The number of aliphatic hydroxyl groups excluding tert-OH is 1. The number of nitrogens with zero attached hydrogens (tertiary/aromatic N) is 1. The normalized spacial score (nSPS) is 17.6. The van der Waals surface area contributed by atoms with Gasteiger partial charge in [0.25, 0.3) is 11.7 Å². The lowest BCUT2D eigenvalue weighted by Crippen LogP contribution is -2.29. The summed E-state index contributed by atoms with van der Waals surface area (Å²) in [7, 11) is 1.47. The molecule has 32 heavy (non-hydrogen) atoms. The number of phenolic OH excluding ortho intramolecular Hbond substituents is 1. The number of rotatable bonds is 4. The Hall–Kier alpha value is -3.77. The Morgan fingerprint density at radius 3 is 2.38 bits per heavy atom. The molecular weight excluding hydrogens is 430 g/mol. The van der Waals surface area contributed by atoms with Crippen LogP contribution in [0.5, 0.6) is 11.5 Å². The van der Waals surface area contributed by atoms with Crippen molar-refractivity contribution in [1.29, 1.82) is 0 Å². The fourth-order valence-electron chi connectivity index (χ4n) is 3.78. The molecule has 2 N–H and O–H groups in total. The highest BCUT2D eigenvalue weighted by atomic mass is 35.5. The van der Waals surface area contributed by atoms with Crippen LogP contribution in [0.25, 0.3) is 5.76 Å². The molecule has 1 atom stereocenters. The zero-order chi connectivity index (χ0) is 23.0. The number of hydrogen-bond donors (Lipinski definition) is 2. The van der Waals surface area contributed by atoms with E-state index < -0.39 is 17.7 Å². The van der Waals surface area contributed by atoms with Crippen LogP contribution in [0.2, 0.25) is 5.02 Å². The van der Waals surface area contributed by atoms with E-state index >= 15 is 0 Å². The van der Waals surface area contributed by atoms with Gasteiger partial charge in [-0.1, -0.05) is 53.6 Å². The quantitative estimate of drug-likeness (QED) is 0.333. The predicted octanol–water partition coefficient (Wildman–Crippen LogP) is 4.99. The highest BCUT2D eigenvalue weighted by Gasteiger charge is 2.47. The summed E-state index contributed by atoms with van der Waals surface area (Å²) in [6.07, 6.45) is 0. The van der Waals surface area contributed by atoms with Crippen molar-refractivity contribution in [3.05, 3.63) is 94.0 Å². The highest BCUT2D eigenvalue weighted by molar-refractivity contribution is 6.51. The third-order valence-electron chi connectivity index (χ3n) is 5.37. The molecule has 0 bridgehead atoms. The topological polar surface area (TPSA) is 87.1 Å². The average molecular weight is 450 g/mol. The smallest absolute Gasteiger partial charge is 0.300 e. The number of hydrogen-bond acceptors (Lipinski definition) is 5. The highest BCUT2D eigenvalue weighted by Crippen LogP contribution is 2.44. The van der Waals surface area contributed by atoms with Gasteiger partial charge in [0.05, 0.1) is 23.7 Å². The lowest BCUT2D eigenvalue weighted by Gasteiger charge is -2.26. The second-order valence-corrected chi connectivity index (χ2v) is 7.86. The molecule has 1 saturated heterocycles. The number of amides is 1. The number of Topliss-reactive ketones (excluding diaryl/α,β-unsaturated/α-hetero) is 1. The molecule has 1 aliphatic rings. The molecule has 1 unspecified atom stereocenters. The number of aromatic hydroxyl groups is 1. The van der Waals surface area contributed by atoms with Crippen molar-refractivity contribution in [2.24, 2.45) is 0 Å². The molecule has 162 valence electrons. The number of aryl methyl sites for hydroxylation is 1. The van der Waals surface area contributed by atoms with Crippen LogP contribution in [-0.2, 0) is 9.59 Å². The van der Waals surface area contributed by atoms with Gasteiger partial charge in [-0.25, -0.2) is 0 Å². The number of carbonyl (C=O) groups is 2. The fourth-order valence-corrected chi connectivity index (χ4v) is 4.03. The van der Waals surface area contributed by atoms with E-state index in [4.69, 9.17) is 16.3 Å². The molecule has 0 aliphatic carbocycles. The van der Waals surface area contributed by atoms with Crippen LogP contribution in [-0.4, -0.2) is 29.0 Å². The third kappa shape index (κ3) is 3.69. The summed E-state index contributed by atoms with van der Waals surface area (Å²) in [4.78, 5) is 27.5. The summed E-state index contributed by atoms with van der Waals surface area (Å²) in [5.41, 5.74) is 2.14. The number of ketones is 1. The number of benzene rings is 3. The Morgan fingerprint density at radius 1 is 1.03 bits per heavy atom. The number of halogens is 1. The van der Waals surface area contributed by atoms with Crippen LogP contribution in [0, 0.1) is 6.92 Å². The van der Waals surface area contributed by atoms with Crippen molar-refractivity contribution in [3.8, 4) is 11.5 Å². The van der Waals surface area contributed by atoms with Crippen LogP contribution < -0.4 is 9.64 Å². The van der Waals surface area contributed by atoms with Gasteiger partial charge in [0, 0.05) is 11.3 Å². The van der Waals surface area contributed by atoms with E-state index in [2.05, 4.69) is 0 Å². The molecule has 0 spiro atoms. The summed E-state index contributed by atoms with van der Waals surface area (Å²) in [6.45, 7) is 1.91. The Balaban J connectivity index is 1.95. The average Bonchev–Trinajstić information content (AvgIpc) is 3.04. The summed E-state index contributed by atoms with van der Waals surface area (Å²) in [5, 5.41) is 21.4. The molecule has 0 aromatic heterocycles. The molecule has 0 saturated carbocycles. The van der Waals surface area contributed by atoms with E-state index in [0.717, 1.165) is 5.56 Å². The molecule has 1 heterocycles. The van der Waals surface area contributed by atoms with Gasteiger partial charge in [-0.2, -0.15) is 0 Å². The molecule has 4 rings (SSSR count). The lowest BCUT2D eigenvalue weighted by molar-refractivity contribution is -0.132. The number of carbonyl (C=O) groups excluding carboxylic acids is 2. The molecule has 3 aromatic carbocycles. The first-order chi connectivity index (χ1) is 15.3. The van der Waals surface area contributed by atoms with Gasteiger partial charge < -0.3 is 14.9 Å². The first-order valence-electron chi connectivity index (χ1n) is 9.82. The minimum Gasteiger partial charge on any atom is -0.508 e. The Labute approximate surface area is 189 Å². The van der Waals surface area contributed by atoms with Crippen LogP contribution in [0.3, 0.4) is 0 Å². The monoisotopic (exact) mass is 449 g/mol. The van der Waals surface area contributed by atoms with Crippen LogP contribution in [0.4, 0.5) is 5.69 Å². The Morgan fingerprint density at radius 2 is 1.75 bits per heavy atom. The number of aliphatic hydroxyl groups is 1. The summed E-state index contributed by atoms with van der Waals surface area (Å²) >= 11 is 6.27. The lowest BCUT2D eigenvalue weighted by atomic mass is 9.94. The van der Waals surface area contributed by atoms with Gasteiger partial charge >= 0.3 is 0 Å². The van der Waals surface area contributed by atoms with Gasteiger partial charge in [0.2, 0.25) is 0 Å². The summed E-state index contributed by atoms with van der Waals surface area (Å²) in [6, 6.07) is 17.0. The van der Waals surface area contributed by atoms with Crippen molar-refractivity contribution in [2.75, 3.05) is 12.0 Å². The second-order valence-electron chi connectivity index (χ2n) is 7.45. The van der Waals surface area contributed by atoms with Gasteiger partial charge in [-0.05, 0) is 42.8 Å². The number of anilines is 1. The molecule has 1 fully saturated rings. The van der Waals surface area contributed by atoms with Crippen molar-refractivity contribution in [1.82, 2.24) is 0 Å². The zero-order valence-corrected chi connectivity index (χ0v) is 18.1. The first kappa shape index (κ1) is 21.5. The molecule has 7 heteroatoms. The second kappa shape index (κ2) is 8.40. The molecule has 6 nitrogen and oxygen atoms in total. The van der Waals surface area contributed by atoms with Crippen molar-refractivity contribution in [2.45, 2.75) is 13.0 Å². The van der Waals surface area contributed by atoms with Crippen molar-refractivity contribution < 1.29 is 24.5 Å². The summed E-state index contributed by atoms with van der Waals surface area (Å²) in [5.74, 6) is -1.55. The van der Waals surface area contributed by atoms with E-state index in [1.807, 2.05) is 6.92 Å². The number of phenols is 1. The molecule has 3 aromatic rings. The fraction of sp³-hybridized carbons (Fsp3) is 0.120. The Kier molecular flexibility index (Phi) is 5.63. The molecule has 0 radical (unpaired) electrons. The van der Waals surface area contributed by atoms with Crippen molar-refractivity contribution >= 4 is 34.7 Å². The maximum Gasteiger partial charge on any atom is 0.300 e. The maximum atomic E-state index is 13.1. The Bertz CT molecular complexity index is 1250. The first-order valence-corrected chi connectivity index (χ1v) is 10.2. The standard InChI is InChI=1S/C25H20ClNO5/c1-14-6-8-15(9-7-14)23(29)21-22(16-4-3-5-18(28)12-16)27(25(31)24(21)30)17-10-11-20(32-2)19(26)13-17/h3-13,22,28-29H,1-2H3/b23-21+. The van der Waals surface area contributed by atoms with Crippen LogP contribution in [0.1, 0.15) is 22.7 Å². The van der Waals surface area contributed by atoms with E-state index in [9.17, 15) is 19.8 Å². The SMILES string of the molecule is COc1ccc(N2C(=O)C(=O)/C(=C(/O)c3ccc(C)cc3)C2c2cccc(O)c2)cc1Cl. The van der Waals surface area contributed by atoms with Gasteiger partial charge in [0.1, 0.15) is 17.3 Å². The van der Waals surface area contributed by atoms with Gasteiger partial charge in [0.15, 0.2) is 0 Å².